The van der Waals surface area contributed by atoms with E-state index in [0.717, 1.165) is 31.2 Å². The molecule has 2 aromatic rings. The second kappa shape index (κ2) is 13.9. The minimum Gasteiger partial charge on any atom is -0.474 e. The van der Waals surface area contributed by atoms with Crippen LogP contribution in [0.1, 0.15) is 55.9 Å². The molecule has 0 spiro atoms. The highest BCUT2D eigenvalue weighted by Crippen LogP contribution is 2.25. The summed E-state index contributed by atoms with van der Waals surface area (Å²) in [4.78, 5) is 51.1. The number of aliphatic hydroxyl groups is 1. The molecule has 1 aliphatic heterocycles. The molecule has 1 unspecified atom stereocenters. The van der Waals surface area contributed by atoms with E-state index in [4.69, 9.17) is 9.47 Å². The first-order valence-electron chi connectivity index (χ1n) is 13.7. The van der Waals surface area contributed by atoms with Crippen molar-refractivity contribution in [3.8, 4) is 17.3 Å². The Balaban J connectivity index is 1.50. The first-order valence-corrected chi connectivity index (χ1v) is 13.7. The summed E-state index contributed by atoms with van der Waals surface area (Å²) in [6.07, 6.45) is 4.32. The summed E-state index contributed by atoms with van der Waals surface area (Å²) < 4.78 is 11.2. The molecule has 2 heterocycles. The zero-order valence-corrected chi connectivity index (χ0v) is 22.4. The average Bonchev–Trinajstić information content (AvgIpc) is 3.48. The van der Waals surface area contributed by atoms with Crippen LogP contribution in [0.4, 0.5) is 4.79 Å². The summed E-state index contributed by atoms with van der Waals surface area (Å²) in [7, 11) is 0. The second-order valence-corrected chi connectivity index (χ2v) is 9.71. The van der Waals surface area contributed by atoms with Crippen LogP contribution in [0.3, 0.4) is 0 Å². The number of amides is 3. The Labute approximate surface area is 228 Å². The summed E-state index contributed by atoms with van der Waals surface area (Å²) in [5.41, 5.74) is 0.849. The molecular weight excluding hydrogens is 502 g/mol. The predicted octanol–water partition coefficient (Wildman–Crippen LogP) is 2.64. The SMILES string of the molecule is CCOC(=O)N1CCN(C(=O)C(CCCO)NC(=O)c2cc(OC3CCCC3)nc(-c3ccccc3)n2)CC1. The molecule has 1 saturated carbocycles. The van der Waals surface area contributed by atoms with E-state index in [0.29, 0.717) is 44.3 Å². The monoisotopic (exact) mass is 539 g/mol. The maximum atomic E-state index is 13.4. The third kappa shape index (κ3) is 7.66. The number of aromatic nitrogens is 2. The molecule has 0 radical (unpaired) electrons. The molecule has 210 valence electrons. The predicted molar refractivity (Wildman–Crippen MR) is 143 cm³/mol. The van der Waals surface area contributed by atoms with E-state index in [2.05, 4.69) is 15.3 Å². The molecule has 4 rings (SSSR count). The third-order valence-corrected chi connectivity index (χ3v) is 6.93. The molecule has 1 aliphatic carbocycles. The number of carbonyl (C=O) groups is 3. The minimum absolute atomic E-state index is 0.0478. The number of piperazine rings is 1. The van der Waals surface area contributed by atoms with Gasteiger partial charge in [0.05, 0.1) is 6.61 Å². The van der Waals surface area contributed by atoms with Crippen LogP contribution >= 0.6 is 0 Å². The van der Waals surface area contributed by atoms with E-state index in [9.17, 15) is 19.5 Å². The number of nitrogens with one attached hydrogen (secondary N) is 1. The number of ether oxygens (including phenoxy) is 2. The van der Waals surface area contributed by atoms with Gasteiger partial charge in [0.1, 0.15) is 17.8 Å². The normalized spacial score (nSPS) is 16.6. The van der Waals surface area contributed by atoms with E-state index >= 15 is 0 Å². The van der Waals surface area contributed by atoms with Crippen molar-refractivity contribution in [1.82, 2.24) is 25.1 Å². The van der Waals surface area contributed by atoms with Crippen LogP contribution in [0.5, 0.6) is 5.88 Å². The van der Waals surface area contributed by atoms with Crippen molar-refractivity contribution in [2.45, 2.75) is 57.6 Å². The molecular formula is C28H37N5O6. The van der Waals surface area contributed by atoms with Gasteiger partial charge in [-0.1, -0.05) is 30.3 Å². The fourth-order valence-electron chi connectivity index (χ4n) is 4.82. The van der Waals surface area contributed by atoms with E-state index in [-0.39, 0.29) is 37.3 Å². The number of carbonyl (C=O) groups excluding carboxylic acids is 3. The topological polar surface area (TPSA) is 134 Å². The molecule has 2 fully saturated rings. The van der Waals surface area contributed by atoms with E-state index in [1.165, 1.54) is 6.07 Å². The van der Waals surface area contributed by atoms with Gasteiger partial charge in [0.2, 0.25) is 11.8 Å². The van der Waals surface area contributed by atoms with Gasteiger partial charge in [-0.05, 0) is 45.4 Å². The summed E-state index contributed by atoms with van der Waals surface area (Å²) in [5, 5.41) is 12.2. The Morgan fingerprint density at radius 2 is 1.74 bits per heavy atom. The Kier molecular flexibility index (Phi) is 10.1. The van der Waals surface area contributed by atoms with Gasteiger partial charge in [-0.2, -0.15) is 4.98 Å². The van der Waals surface area contributed by atoms with Gasteiger partial charge >= 0.3 is 6.09 Å². The first kappa shape index (κ1) is 28.3. The largest absolute Gasteiger partial charge is 0.474 e. The Hall–Kier alpha value is -3.73. The summed E-state index contributed by atoms with van der Waals surface area (Å²) in [6.45, 7) is 3.27. The Morgan fingerprint density at radius 1 is 1.05 bits per heavy atom. The zero-order valence-electron chi connectivity index (χ0n) is 22.4. The van der Waals surface area contributed by atoms with E-state index < -0.39 is 18.0 Å². The van der Waals surface area contributed by atoms with E-state index in [1.807, 2.05) is 30.3 Å². The highest BCUT2D eigenvalue weighted by molar-refractivity contribution is 5.96. The fourth-order valence-corrected chi connectivity index (χ4v) is 4.82. The molecule has 2 N–H and O–H groups in total. The van der Waals surface area contributed by atoms with Gasteiger partial charge in [0.25, 0.3) is 5.91 Å². The van der Waals surface area contributed by atoms with Crippen LogP contribution in [0, 0.1) is 0 Å². The summed E-state index contributed by atoms with van der Waals surface area (Å²) >= 11 is 0. The smallest absolute Gasteiger partial charge is 0.409 e. The van der Waals surface area contributed by atoms with Crippen molar-refractivity contribution in [3.63, 3.8) is 0 Å². The van der Waals surface area contributed by atoms with Gasteiger partial charge in [-0.15, -0.1) is 0 Å². The molecule has 1 saturated heterocycles. The molecule has 11 heteroatoms. The third-order valence-electron chi connectivity index (χ3n) is 6.93. The molecule has 1 aromatic carbocycles. The lowest BCUT2D eigenvalue weighted by atomic mass is 10.1. The highest BCUT2D eigenvalue weighted by atomic mass is 16.6. The van der Waals surface area contributed by atoms with Gasteiger partial charge in [-0.25, -0.2) is 9.78 Å². The number of hydrogen-bond acceptors (Lipinski definition) is 8. The first-order chi connectivity index (χ1) is 19.0. The average molecular weight is 540 g/mol. The van der Waals surface area contributed by atoms with Crippen molar-refractivity contribution in [1.29, 1.82) is 0 Å². The van der Waals surface area contributed by atoms with E-state index in [1.54, 1.807) is 16.7 Å². The maximum Gasteiger partial charge on any atom is 0.409 e. The number of aliphatic hydroxyl groups excluding tert-OH is 1. The maximum absolute atomic E-state index is 13.4. The van der Waals surface area contributed by atoms with Gasteiger partial charge in [-0.3, -0.25) is 9.59 Å². The second-order valence-electron chi connectivity index (χ2n) is 9.71. The van der Waals surface area contributed by atoms with Crippen molar-refractivity contribution < 1.29 is 29.0 Å². The number of nitrogens with zero attached hydrogens (tertiary/aromatic N) is 4. The summed E-state index contributed by atoms with van der Waals surface area (Å²) in [5.74, 6) is -0.0915. The quantitative estimate of drug-likeness (QED) is 0.471. The van der Waals surface area contributed by atoms with Crippen LogP contribution in [0.2, 0.25) is 0 Å². The fraction of sp³-hybridized carbons (Fsp3) is 0.536. The van der Waals surface area contributed by atoms with Crippen LogP contribution in [0.15, 0.2) is 36.4 Å². The number of benzene rings is 1. The van der Waals surface area contributed by atoms with Crippen LogP contribution in [-0.2, 0) is 9.53 Å². The van der Waals surface area contributed by atoms with Crippen molar-refractivity contribution in [3.05, 3.63) is 42.1 Å². The van der Waals surface area contributed by atoms with Crippen molar-refractivity contribution >= 4 is 17.9 Å². The van der Waals surface area contributed by atoms with Gasteiger partial charge < -0.3 is 29.7 Å². The van der Waals surface area contributed by atoms with Crippen LogP contribution in [-0.4, -0.2) is 94.3 Å². The number of rotatable bonds is 10. The lowest BCUT2D eigenvalue weighted by Gasteiger charge is -2.36. The summed E-state index contributed by atoms with van der Waals surface area (Å²) in [6, 6.07) is 10.0. The lowest BCUT2D eigenvalue weighted by molar-refractivity contribution is -0.135. The van der Waals surface area contributed by atoms with Gasteiger partial charge in [0.15, 0.2) is 5.82 Å². The lowest BCUT2D eigenvalue weighted by Crippen LogP contribution is -2.56. The molecule has 3 amide bonds. The Bertz CT molecular complexity index is 1120. The minimum atomic E-state index is -0.854. The van der Waals surface area contributed by atoms with Crippen LogP contribution in [0.25, 0.3) is 11.4 Å². The molecule has 1 atom stereocenters. The number of hydrogen-bond donors (Lipinski definition) is 2. The molecule has 11 nitrogen and oxygen atoms in total. The van der Waals surface area contributed by atoms with Gasteiger partial charge in [0, 0.05) is 44.4 Å². The van der Waals surface area contributed by atoms with Crippen molar-refractivity contribution in [2.24, 2.45) is 0 Å². The van der Waals surface area contributed by atoms with Crippen LogP contribution < -0.4 is 10.1 Å². The van der Waals surface area contributed by atoms with Crippen molar-refractivity contribution in [2.75, 3.05) is 39.4 Å². The zero-order chi connectivity index (χ0) is 27.6. The Morgan fingerprint density at radius 3 is 2.41 bits per heavy atom. The molecule has 0 bridgehead atoms. The highest BCUT2D eigenvalue weighted by Gasteiger charge is 2.31. The molecule has 39 heavy (non-hydrogen) atoms. The standard InChI is InChI=1S/C28H37N5O6/c1-2-38-28(37)33-16-14-32(15-17-33)27(36)22(13-8-18-34)30-26(35)23-19-24(39-21-11-6-7-12-21)31-25(29-23)20-9-4-3-5-10-20/h3-5,9-10,19,21-22,34H,2,6-8,11-18H2,1H3,(H,30,35). The molecule has 1 aromatic heterocycles. The molecule has 2 aliphatic rings.